The van der Waals surface area contributed by atoms with Gasteiger partial charge in [0.2, 0.25) is 5.69 Å². The van der Waals surface area contributed by atoms with Crippen molar-refractivity contribution < 1.29 is 0 Å². The molecule has 0 heterocycles. The molecule has 0 saturated heterocycles. The van der Waals surface area contributed by atoms with Crippen molar-refractivity contribution in [2.24, 2.45) is 0 Å². The van der Waals surface area contributed by atoms with Gasteiger partial charge in [-0.05, 0) is 127 Å². The third-order valence-corrected chi connectivity index (χ3v) is 9.66. The summed E-state index contributed by atoms with van der Waals surface area (Å²) in [4.78, 5) is 3.34. The molecule has 9 aromatic carbocycles. The Labute approximate surface area is 380 Å². The second kappa shape index (κ2) is 25.2. The fourth-order valence-electron chi connectivity index (χ4n) is 6.83. The van der Waals surface area contributed by atoms with Crippen LogP contribution >= 0.6 is 0 Å². The predicted octanol–water partition coefficient (Wildman–Crippen LogP) is 15.8. The Morgan fingerprint density at radius 2 is 0.812 bits per heavy atom. The van der Waals surface area contributed by atoms with E-state index in [1.165, 1.54) is 48.7 Å². The van der Waals surface area contributed by atoms with Crippen molar-refractivity contribution in [1.82, 2.24) is 0 Å². The topological polar surface area (TPSA) is 4.36 Å². The van der Waals surface area contributed by atoms with E-state index in [1.54, 1.807) is 13.0 Å². The lowest BCUT2D eigenvalue weighted by Crippen LogP contribution is -1.83. The number of nitrogens with zero attached hydrogens (tertiary/aromatic N) is 1. The van der Waals surface area contributed by atoms with E-state index in [1.807, 2.05) is 88.4 Å². The molecule has 1 nitrogen and oxygen atoms in total. The fraction of sp³-hybridized carbons (Fsp3) is 0.0952. The Morgan fingerprint density at radius 1 is 0.344 bits per heavy atom. The third kappa shape index (κ3) is 13.4. The highest BCUT2D eigenvalue weighted by Crippen LogP contribution is 2.28. The number of fused-ring (bicyclic) bond motifs is 4. The highest BCUT2D eigenvalue weighted by Gasteiger charge is 2.04. The summed E-state index contributed by atoms with van der Waals surface area (Å²) in [5, 5.41) is 9.99. The molecule has 0 saturated carbocycles. The van der Waals surface area contributed by atoms with Crippen LogP contribution in [0.5, 0.6) is 0 Å². The zero-order chi connectivity index (χ0) is 45.4. The Hall–Kier alpha value is -8.69. The molecule has 0 fully saturated rings. The van der Waals surface area contributed by atoms with Crippen molar-refractivity contribution in [3.8, 4) is 59.2 Å². The lowest BCUT2D eigenvalue weighted by Gasteiger charge is -2.06. The molecule has 0 bridgehead atoms. The summed E-state index contributed by atoms with van der Waals surface area (Å²) in [5.74, 6) is 29.7. The van der Waals surface area contributed by atoms with Crippen LogP contribution in [0.4, 0.5) is 5.69 Å². The molecule has 64 heavy (non-hydrogen) atoms. The van der Waals surface area contributed by atoms with Gasteiger partial charge in [0.05, 0.1) is 6.57 Å². The van der Waals surface area contributed by atoms with Crippen molar-refractivity contribution in [2.45, 2.75) is 41.5 Å². The van der Waals surface area contributed by atoms with Gasteiger partial charge in [-0.15, -0.1) is 29.6 Å². The monoisotopic (exact) mass is 819 g/mol. The van der Waals surface area contributed by atoms with Crippen LogP contribution in [0.3, 0.4) is 0 Å². The zero-order valence-corrected chi connectivity index (χ0v) is 37.3. The molecule has 0 aliphatic rings. The fourth-order valence-corrected chi connectivity index (χ4v) is 6.83. The van der Waals surface area contributed by atoms with Crippen LogP contribution in [-0.4, -0.2) is 0 Å². The molecule has 0 amide bonds. The van der Waals surface area contributed by atoms with Gasteiger partial charge in [-0.25, -0.2) is 4.85 Å². The van der Waals surface area contributed by atoms with Crippen LogP contribution in [-0.2, 0) is 0 Å². The predicted molar refractivity (Wildman–Crippen MR) is 276 cm³/mol. The third-order valence-electron chi connectivity index (χ3n) is 9.66. The molecular weight excluding hydrogens is 771 g/mol. The van der Waals surface area contributed by atoms with Gasteiger partial charge in [-0.3, -0.25) is 0 Å². The second-order valence-corrected chi connectivity index (χ2v) is 14.2. The standard InChI is InChI=1S/C17H12.2C13H10.C10H7N.C10H10/c1-2-7-17-15-10-5-3-8-13(15)12-14-9-4-6-11-16(14)17;1-2-6-11-8-5-9-12-7-3-4-10-13(11)12;1-2-5-11-8-9-12-6-3-4-7-13(12)10-11;1-3-6-9-7-4-5-8-10(9)11-2;1-3-5-10-7-4-6-9(2)8-10/h3-6,8-12H,1H3;3-5,7-10H,1H3;3-4,6-10H,1H3;4-5,7-8H,1H3;4,6-8H,1-2H3. The molecule has 9 aromatic rings. The van der Waals surface area contributed by atoms with Gasteiger partial charge < -0.3 is 0 Å². The van der Waals surface area contributed by atoms with Crippen molar-refractivity contribution in [3.63, 3.8) is 0 Å². The zero-order valence-electron chi connectivity index (χ0n) is 37.3. The molecule has 1 heteroatoms. The molecule has 0 unspecified atom stereocenters. The van der Waals surface area contributed by atoms with Gasteiger partial charge >= 0.3 is 0 Å². The molecule has 0 radical (unpaired) electrons. The second-order valence-electron chi connectivity index (χ2n) is 14.2. The summed E-state index contributed by atoms with van der Waals surface area (Å²) < 4.78 is 0. The van der Waals surface area contributed by atoms with Crippen molar-refractivity contribution in [2.75, 3.05) is 0 Å². The van der Waals surface area contributed by atoms with E-state index in [4.69, 9.17) is 6.57 Å². The van der Waals surface area contributed by atoms with Crippen molar-refractivity contribution in [3.05, 3.63) is 233 Å². The van der Waals surface area contributed by atoms with E-state index in [9.17, 15) is 0 Å². The maximum atomic E-state index is 6.82. The molecule has 9 rings (SSSR count). The molecular formula is C63H49N. The summed E-state index contributed by atoms with van der Waals surface area (Å²) in [5.41, 5.74) is 7.14. The van der Waals surface area contributed by atoms with E-state index < -0.39 is 0 Å². The lowest BCUT2D eigenvalue weighted by atomic mass is 9.97. The van der Waals surface area contributed by atoms with Crippen LogP contribution in [0.25, 0.3) is 47.9 Å². The summed E-state index contributed by atoms with van der Waals surface area (Å²) in [6.07, 6.45) is 0. The molecule has 0 aliphatic heterocycles. The van der Waals surface area contributed by atoms with Gasteiger partial charge in [0, 0.05) is 27.8 Å². The number of hydrogen-bond donors (Lipinski definition) is 0. The minimum absolute atomic E-state index is 0.627. The van der Waals surface area contributed by atoms with Crippen LogP contribution in [0, 0.1) is 72.7 Å². The van der Waals surface area contributed by atoms with Crippen LogP contribution in [0.15, 0.2) is 188 Å². The molecule has 0 aliphatic carbocycles. The highest BCUT2D eigenvalue weighted by molar-refractivity contribution is 6.04. The maximum Gasteiger partial charge on any atom is 0.202 e. The summed E-state index contributed by atoms with van der Waals surface area (Å²) in [6.45, 7) is 18.1. The van der Waals surface area contributed by atoms with E-state index in [-0.39, 0.29) is 0 Å². The van der Waals surface area contributed by atoms with Gasteiger partial charge in [0.1, 0.15) is 0 Å². The number of hydrogen-bond acceptors (Lipinski definition) is 0. The van der Waals surface area contributed by atoms with Crippen molar-refractivity contribution >= 4 is 48.8 Å². The first-order valence-electron chi connectivity index (χ1n) is 21.0. The van der Waals surface area contributed by atoms with E-state index >= 15 is 0 Å². The average Bonchev–Trinajstić information content (AvgIpc) is 3.33. The van der Waals surface area contributed by atoms with Gasteiger partial charge in [-0.2, -0.15) is 0 Å². The van der Waals surface area contributed by atoms with E-state index in [0.717, 1.165) is 27.8 Å². The van der Waals surface area contributed by atoms with Crippen LogP contribution in [0.2, 0.25) is 0 Å². The lowest BCUT2D eigenvalue weighted by molar-refractivity contribution is 1.45. The first-order valence-corrected chi connectivity index (χ1v) is 21.0. The van der Waals surface area contributed by atoms with Gasteiger partial charge in [0.15, 0.2) is 0 Å². The van der Waals surface area contributed by atoms with Gasteiger partial charge in [-0.1, -0.05) is 181 Å². The smallest absolute Gasteiger partial charge is 0.202 e. The highest BCUT2D eigenvalue weighted by atomic mass is 14.6. The normalized spacial score (nSPS) is 9.08. The summed E-state index contributed by atoms with van der Waals surface area (Å²) in [7, 11) is 0. The summed E-state index contributed by atoms with van der Waals surface area (Å²) >= 11 is 0. The Kier molecular flexibility index (Phi) is 18.2. The van der Waals surface area contributed by atoms with Crippen LogP contribution in [0.1, 0.15) is 68.0 Å². The largest absolute Gasteiger partial charge is 0.237 e. The molecule has 0 atom stereocenters. The molecule has 0 aromatic heterocycles. The quantitative estimate of drug-likeness (QED) is 0.0816. The first kappa shape index (κ1) is 46.4. The number of rotatable bonds is 0. The molecule has 0 spiro atoms. The van der Waals surface area contributed by atoms with Crippen molar-refractivity contribution in [1.29, 1.82) is 0 Å². The number of aryl methyl sites for hydroxylation is 1. The average molecular weight is 820 g/mol. The van der Waals surface area contributed by atoms with Crippen LogP contribution < -0.4 is 0 Å². The minimum atomic E-state index is 0.627. The Bertz CT molecular complexity index is 3330. The minimum Gasteiger partial charge on any atom is -0.237 e. The SMILES string of the molecule is CC#Cc1c2ccccc2cc2ccccc12.CC#Cc1ccc2ccccc2c1.CC#Cc1cccc(C)c1.CC#Cc1cccc2ccccc12.[C-]#[N+]c1ccccc1C#CC. The number of para-hydroxylation sites is 1. The first-order chi connectivity index (χ1) is 31.4. The molecule has 306 valence electrons. The summed E-state index contributed by atoms with van der Waals surface area (Å²) in [6, 6.07) is 63.7. The Balaban J connectivity index is 0.000000153. The van der Waals surface area contributed by atoms with Gasteiger partial charge in [0.25, 0.3) is 0 Å². The number of benzene rings is 9. The maximum absolute atomic E-state index is 6.82. The molecule has 0 N–H and O–H groups in total. The Morgan fingerprint density at radius 3 is 1.42 bits per heavy atom. The van der Waals surface area contributed by atoms with E-state index in [0.29, 0.717) is 5.69 Å². The van der Waals surface area contributed by atoms with E-state index in [2.05, 4.69) is 192 Å².